The van der Waals surface area contributed by atoms with Crippen molar-refractivity contribution >= 4 is 21.4 Å². The molecule has 0 aliphatic carbocycles. The summed E-state index contributed by atoms with van der Waals surface area (Å²) in [7, 11) is -3.43. The van der Waals surface area contributed by atoms with Gasteiger partial charge in [-0.3, -0.25) is 0 Å². The van der Waals surface area contributed by atoms with Crippen LogP contribution in [0.1, 0.15) is 11.6 Å². The highest BCUT2D eigenvalue weighted by Crippen LogP contribution is 2.45. The zero-order chi connectivity index (χ0) is 28.4. The summed E-state index contributed by atoms with van der Waals surface area (Å²) in [5.41, 5.74) is 3.96. The summed E-state index contributed by atoms with van der Waals surface area (Å²) in [5.74, 6) is 0.447. The normalized spacial score (nSPS) is 14.1. The van der Waals surface area contributed by atoms with Crippen molar-refractivity contribution in [3.63, 3.8) is 0 Å². The highest BCUT2D eigenvalue weighted by Gasteiger charge is 2.43. The number of benzene rings is 3. The SMILES string of the molecule is Cc1nc(-c2ccc3c(c2)OC(F)(F)O3)c(-c2cc(-c3cccc(S(C)(=O)=O)c3)ccc2-n2cc(Cl)c(C)n2)o1. The number of aryl methyl sites for hydroxylation is 2. The predicted molar refractivity (Wildman–Crippen MR) is 144 cm³/mol. The van der Waals surface area contributed by atoms with Gasteiger partial charge >= 0.3 is 6.29 Å². The first-order chi connectivity index (χ1) is 18.9. The van der Waals surface area contributed by atoms with Gasteiger partial charge in [0, 0.05) is 30.5 Å². The largest absolute Gasteiger partial charge is 0.586 e. The van der Waals surface area contributed by atoms with Crippen molar-refractivity contribution in [3.05, 3.63) is 83.5 Å². The van der Waals surface area contributed by atoms with Crippen molar-refractivity contribution < 1.29 is 31.1 Å². The van der Waals surface area contributed by atoms with Crippen molar-refractivity contribution in [2.45, 2.75) is 25.0 Å². The number of oxazole rings is 1. The van der Waals surface area contributed by atoms with Crippen molar-refractivity contribution in [1.82, 2.24) is 14.8 Å². The third kappa shape index (κ3) is 4.71. The Balaban J connectivity index is 1.55. The van der Waals surface area contributed by atoms with Gasteiger partial charge in [0.25, 0.3) is 0 Å². The lowest BCUT2D eigenvalue weighted by Gasteiger charge is -2.13. The third-order valence-corrected chi connectivity index (χ3v) is 7.81. The molecule has 2 aromatic heterocycles. The van der Waals surface area contributed by atoms with E-state index in [1.54, 1.807) is 49.0 Å². The van der Waals surface area contributed by atoms with Gasteiger partial charge in [-0.2, -0.15) is 5.10 Å². The van der Waals surface area contributed by atoms with Gasteiger partial charge in [0.2, 0.25) is 0 Å². The molecule has 0 saturated heterocycles. The lowest BCUT2D eigenvalue weighted by molar-refractivity contribution is -0.286. The van der Waals surface area contributed by atoms with Crippen LogP contribution in [-0.2, 0) is 9.84 Å². The summed E-state index contributed by atoms with van der Waals surface area (Å²) in [6.07, 6.45) is -0.955. The number of hydrogen-bond donors (Lipinski definition) is 0. The summed E-state index contributed by atoms with van der Waals surface area (Å²) < 4.78 is 68.6. The maximum absolute atomic E-state index is 13.7. The van der Waals surface area contributed by atoms with Gasteiger partial charge in [-0.25, -0.2) is 18.1 Å². The van der Waals surface area contributed by atoms with Crippen LogP contribution in [0.15, 0.2) is 76.2 Å². The minimum atomic E-state index is -3.76. The Morgan fingerprint density at radius 2 is 1.65 bits per heavy atom. The second kappa shape index (κ2) is 9.17. The predicted octanol–water partition coefficient (Wildman–Crippen LogP) is 6.86. The summed E-state index contributed by atoms with van der Waals surface area (Å²) in [5, 5.41) is 4.97. The van der Waals surface area contributed by atoms with Crippen LogP contribution in [-0.4, -0.2) is 35.7 Å². The molecule has 0 unspecified atom stereocenters. The number of hydrogen-bond acceptors (Lipinski definition) is 7. The van der Waals surface area contributed by atoms with Crippen molar-refractivity contribution in [1.29, 1.82) is 0 Å². The molecule has 3 heterocycles. The molecule has 0 atom stereocenters. The van der Waals surface area contributed by atoms with Crippen molar-refractivity contribution in [2.24, 2.45) is 0 Å². The average molecular weight is 584 g/mol. The maximum atomic E-state index is 13.7. The number of sulfone groups is 1. The Bertz CT molecular complexity index is 1900. The van der Waals surface area contributed by atoms with Crippen LogP contribution >= 0.6 is 11.6 Å². The van der Waals surface area contributed by atoms with E-state index in [2.05, 4.69) is 19.6 Å². The minimum Gasteiger partial charge on any atom is -0.440 e. The third-order valence-electron chi connectivity index (χ3n) is 6.33. The second-order valence-electron chi connectivity index (χ2n) is 9.28. The van der Waals surface area contributed by atoms with Gasteiger partial charge in [-0.15, -0.1) is 8.78 Å². The smallest absolute Gasteiger partial charge is 0.440 e. The van der Waals surface area contributed by atoms with E-state index >= 15 is 0 Å². The monoisotopic (exact) mass is 583 g/mol. The highest BCUT2D eigenvalue weighted by atomic mass is 35.5. The van der Waals surface area contributed by atoms with Crippen LogP contribution in [0.25, 0.3) is 39.4 Å². The van der Waals surface area contributed by atoms with E-state index in [1.165, 1.54) is 18.2 Å². The molecular weight excluding hydrogens is 564 g/mol. The number of aromatic nitrogens is 3. The fourth-order valence-electron chi connectivity index (χ4n) is 4.47. The molecule has 0 amide bonds. The van der Waals surface area contributed by atoms with Gasteiger partial charge < -0.3 is 13.9 Å². The van der Waals surface area contributed by atoms with Crippen molar-refractivity contribution in [3.8, 4) is 50.9 Å². The van der Waals surface area contributed by atoms with E-state index in [0.717, 1.165) is 6.26 Å². The first-order valence-corrected chi connectivity index (χ1v) is 14.2. The highest BCUT2D eigenvalue weighted by molar-refractivity contribution is 7.90. The van der Waals surface area contributed by atoms with E-state index in [-0.39, 0.29) is 16.4 Å². The van der Waals surface area contributed by atoms with E-state index in [0.29, 0.717) is 56.0 Å². The lowest BCUT2D eigenvalue weighted by Crippen LogP contribution is -2.25. The van der Waals surface area contributed by atoms with Crippen LogP contribution in [0.4, 0.5) is 8.78 Å². The topological polar surface area (TPSA) is 96.5 Å². The number of ether oxygens (including phenoxy) is 2. The summed E-state index contributed by atoms with van der Waals surface area (Å²) >= 11 is 6.31. The molecule has 0 saturated carbocycles. The number of halogens is 3. The molecule has 0 radical (unpaired) electrons. The van der Waals surface area contributed by atoms with E-state index in [9.17, 15) is 17.2 Å². The molecule has 204 valence electrons. The first-order valence-electron chi connectivity index (χ1n) is 11.9. The Hall–Kier alpha value is -4.22. The number of alkyl halides is 2. The molecule has 1 aliphatic heterocycles. The molecule has 0 bridgehead atoms. The van der Waals surface area contributed by atoms with Gasteiger partial charge in [0.1, 0.15) is 5.69 Å². The molecule has 0 spiro atoms. The molecular formula is C28H20ClF2N3O5S. The molecule has 40 heavy (non-hydrogen) atoms. The van der Waals surface area contributed by atoms with E-state index in [1.807, 2.05) is 18.2 Å². The fraction of sp³-hybridized carbons (Fsp3) is 0.143. The van der Waals surface area contributed by atoms with Crippen LogP contribution in [0.5, 0.6) is 11.5 Å². The average Bonchev–Trinajstić information content (AvgIpc) is 3.55. The first kappa shape index (κ1) is 26.0. The zero-order valence-electron chi connectivity index (χ0n) is 21.3. The Morgan fingerprint density at radius 1 is 0.925 bits per heavy atom. The lowest BCUT2D eigenvalue weighted by atomic mass is 9.98. The Kier molecular flexibility index (Phi) is 5.97. The number of rotatable bonds is 5. The minimum absolute atomic E-state index is 0.0920. The molecule has 12 heteroatoms. The molecule has 3 aromatic carbocycles. The molecule has 0 fully saturated rings. The molecule has 6 rings (SSSR count). The number of nitrogens with zero attached hydrogens (tertiary/aromatic N) is 3. The van der Waals surface area contributed by atoms with E-state index < -0.39 is 16.1 Å². The Labute approximate surface area is 232 Å². The molecule has 5 aromatic rings. The summed E-state index contributed by atoms with van der Waals surface area (Å²) in [4.78, 5) is 4.72. The quantitative estimate of drug-likeness (QED) is 0.223. The number of fused-ring (bicyclic) bond motifs is 1. The van der Waals surface area contributed by atoms with Crippen LogP contribution in [0.3, 0.4) is 0 Å². The summed E-state index contributed by atoms with van der Waals surface area (Å²) in [6.45, 7) is 3.44. The maximum Gasteiger partial charge on any atom is 0.586 e. The molecule has 8 nitrogen and oxygen atoms in total. The van der Waals surface area contributed by atoms with Crippen LogP contribution in [0, 0.1) is 13.8 Å². The van der Waals surface area contributed by atoms with Crippen molar-refractivity contribution in [2.75, 3.05) is 6.26 Å². The van der Waals surface area contributed by atoms with E-state index in [4.69, 9.17) is 16.0 Å². The van der Waals surface area contributed by atoms with Gasteiger partial charge in [0.05, 0.1) is 21.3 Å². The van der Waals surface area contributed by atoms with Gasteiger partial charge in [-0.05, 0) is 60.5 Å². The zero-order valence-corrected chi connectivity index (χ0v) is 22.8. The molecule has 0 N–H and O–H groups in total. The molecule has 1 aliphatic rings. The van der Waals surface area contributed by atoms with Gasteiger partial charge in [-0.1, -0.05) is 29.8 Å². The Morgan fingerprint density at radius 3 is 2.38 bits per heavy atom. The second-order valence-corrected chi connectivity index (χ2v) is 11.7. The fourth-order valence-corrected chi connectivity index (χ4v) is 5.26. The summed E-state index contributed by atoms with van der Waals surface area (Å²) in [6, 6.07) is 16.4. The van der Waals surface area contributed by atoms with Crippen LogP contribution in [0.2, 0.25) is 5.02 Å². The van der Waals surface area contributed by atoms with Crippen LogP contribution < -0.4 is 9.47 Å². The van der Waals surface area contributed by atoms with Gasteiger partial charge in [0.15, 0.2) is 33.0 Å². The standard InChI is InChI=1S/C28H20ClF2N3O5S/c1-15-22(29)14-34(33-15)23-9-7-18(17-5-4-6-20(11-17)40(3,35)36)12-21(23)27-26(32-16(2)37-27)19-8-10-24-25(13-19)39-28(30,31)38-24/h4-14H,1-3H3.